The Morgan fingerprint density at radius 3 is 2.80 bits per heavy atom. The molecule has 0 saturated carbocycles. The Hall–Kier alpha value is -2.12. The van der Waals surface area contributed by atoms with Gasteiger partial charge in [0.05, 0.1) is 18.7 Å². The number of anilines is 2. The monoisotopic (exact) mass is 292 g/mol. The summed E-state index contributed by atoms with van der Waals surface area (Å²) in [7, 11) is 0. The van der Waals surface area contributed by atoms with E-state index in [0.29, 0.717) is 12.3 Å². The normalized spacial score (nSPS) is 10.1. The zero-order valence-corrected chi connectivity index (χ0v) is 11.9. The molecule has 1 heterocycles. The van der Waals surface area contributed by atoms with E-state index in [-0.39, 0.29) is 12.3 Å². The standard InChI is InChI=1S/C13H16N4O2S/c1-2-19-11-5-3-9(4-6-11)15-13-16-10(8-20-13)7-12(18)17-14/h3-6,8H,2,7,14H2,1H3,(H,15,16)(H,17,18). The number of hydrazine groups is 1. The number of nitrogens with two attached hydrogens (primary N) is 1. The Balaban J connectivity index is 1.97. The van der Waals surface area contributed by atoms with Gasteiger partial charge in [-0.3, -0.25) is 10.2 Å². The SMILES string of the molecule is CCOc1ccc(Nc2nc(CC(=O)NN)cs2)cc1. The second-order valence-corrected chi connectivity index (χ2v) is 4.83. The minimum Gasteiger partial charge on any atom is -0.494 e. The molecule has 0 radical (unpaired) electrons. The zero-order chi connectivity index (χ0) is 14.4. The zero-order valence-electron chi connectivity index (χ0n) is 11.1. The van der Waals surface area contributed by atoms with Gasteiger partial charge in [-0.05, 0) is 31.2 Å². The number of hydrogen-bond donors (Lipinski definition) is 3. The van der Waals surface area contributed by atoms with Crippen molar-refractivity contribution in [3.05, 3.63) is 35.3 Å². The summed E-state index contributed by atoms with van der Waals surface area (Å²) in [6, 6.07) is 7.61. The smallest absolute Gasteiger partial charge is 0.239 e. The molecular formula is C13H16N4O2S. The molecule has 0 aliphatic heterocycles. The molecule has 2 rings (SSSR count). The average molecular weight is 292 g/mol. The van der Waals surface area contributed by atoms with Gasteiger partial charge in [-0.25, -0.2) is 10.8 Å². The minimum absolute atomic E-state index is 0.179. The number of aromatic nitrogens is 1. The highest BCUT2D eigenvalue weighted by atomic mass is 32.1. The van der Waals surface area contributed by atoms with Gasteiger partial charge >= 0.3 is 0 Å². The second-order valence-electron chi connectivity index (χ2n) is 3.97. The van der Waals surface area contributed by atoms with Crippen molar-refractivity contribution < 1.29 is 9.53 Å². The number of hydrogen-bond acceptors (Lipinski definition) is 6. The first kappa shape index (κ1) is 14.3. The summed E-state index contributed by atoms with van der Waals surface area (Å²) in [4.78, 5) is 15.5. The molecular weight excluding hydrogens is 276 g/mol. The van der Waals surface area contributed by atoms with E-state index in [2.05, 4.69) is 15.7 Å². The summed E-state index contributed by atoms with van der Waals surface area (Å²) < 4.78 is 5.37. The molecule has 0 aliphatic rings. The van der Waals surface area contributed by atoms with E-state index in [0.717, 1.165) is 16.6 Å². The molecule has 7 heteroatoms. The van der Waals surface area contributed by atoms with Crippen molar-refractivity contribution in [3.8, 4) is 5.75 Å². The summed E-state index contributed by atoms with van der Waals surface area (Å²) in [5.74, 6) is 5.61. The van der Waals surface area contributed by atoms with Crippen molar-refractivity contribution >= 4 is 28.1 Å². The molecule has 1 amide bonds. The molecule has 20 heavy (non-hydrogen) atoms. The molecule has 1 aromatic carbocycles. The maximum Gasteiger partial charge on any atom is 0.239 e. The average Bonchev–Trinajstić information content (AvgIpc) is 2.88. The summed E-state index contributed by atoms with van der Waals surface area (Å²) in [6.07, 6.45) is 0.179. The third-order valence-electron chi connectivity index (χ3n) is 2.47. The molecule has 0 atom stereocenters. The Morgan fingerprint density at radius 2 is 2.15 bits per heavy atom. The number of amides is 1. The number of rotatable bonds is 6. The molecule has 106 valence electrons. The highest BCUT2D eigenvalue weighted by Gasteiger charge is 2.06. The quantitative estimate of drug-likeness (QED) is 0.429. The topological polar surface area (TPSA) is 89.3 Å². The van der Waals surface area contributed by atoms with Gasteiger partial charge in [-0.2, -0.15) is 0 Å². The highest BCUT2D eigenvalue weighted by Crippen LogP contribution is 2.23. The predicted octanol–water partition coefficient (Wildman–Crippen LogP) is 1.82. The lowest BCUT2D eigenvalue weighted by atomic mass is 10.3. The Labute approximate surface area is 120 Å². The summed E-state index contributed by atoms with van der Waals surface area (Å²) in [5, 5.41) is 5.73. The molecule has 0 fully saturated rings. The maximum atomic E-state index is 11.1. The fourth-order valence-corrected chi connectivity index (χ4v) is 2.32. The summed E-state index contributed by atoms with van der Waals surface area (Å²) >= 11 is 1.44. The van der Waals surface area contributed by atoms with Crippen molar-refractivity contribution in [2.75, 3.05) is 11.9 Å². The Bertz CT molecular complexity index is 568. The first-order valence-electron chi connectivity index (χ1n) is 6.15. The number of thiazole rings is 1. The van der Waals surface area contributed by atoms with Crippen LogP contribution in [0.5, 0.6) is 5.75 Å². The van der Waals surface area contributed by atoms with Crippen LogP contribution in [-0.4, -0.2) is 17.5 Å². The number of nitrogens with one attached hydrogen (secondary N) is 2. The van der Waals surface area contributed by atoms with E-state index < -0.39 is 0 Å². The van der Waals surface area contributed by atoms with Crippen LogP contribution in [0.1, 0.15) is 12.6 Å². The van der Waals surface area contributed by atoms with Crippen molar-refractivity contribution in [1.29, 1.82) is 0 Å². The van der Waals surface area contributed by atoms with E-state index >= 15 is 0 Å². The van der Waals surface area contributed by atoms with Crippen molar-refractivity contribution in [3.63, 3.8) is 0 Å². The fourth-order valence-electron chi connectivity index (χ4n) is 1.59. The van der Waals surface area contributed by atoms with E-state index in [1.165, 1.54) is 11.3 Å². The minimum atomic E-state index is -0.261. The van der Waals surface area contributed by atoms with Gasteiger partial charge in [0.2, 0.25) is 5.91 Å². The van der Waals surface area contributed by atoms with Gasteiger partial charge in [0.25, 0.3) is 0 Å². The lowest BCUT2D eigenvalue weighted by Crippen LogP contribution is -2.31. The molecule has 6 nitrogen and oxygen atoms in total. The van der Waals surface area contributed by atoms with Gasteiger partial charge < -0.3 is 10.1 Å². The van der Waals surface area contributed by atoms with Crippen LogP contribution in [0.4, 0.5) is 10.8 Å². The molecule has 0 saturated heterocycles. The summed E-state index contributed by atoms with van der Waals surface area (Å²) in [5.41, 5.74) is 3.68. The first-order chi connectivity index (χ1) is 9.71. The maximum absolute atomic E-state index is 11.1. The van der Waals surface area contributed by atoms with Crippen LogP contribution >= 0.6 is 11.3 Å². The number of ether oxygens (including phenoxy) is 1. The van der Waals surface area contributed by atoms with E-state index in [9.17, 15) is 4.79 Å². The summed E-state index contributed by atoms with van der Waals surface area (Å²) in [6.45, 7) is 2.59. The fraction of sp³-hybridized carbons (Fsp3) is 0.231. The molecule has 0 bridgehead atoms. The molecule has 0 unspecified atom stereocenters. The molecule has 0 spiro atoms. The van der Waals surface area contributed by atoms with Gasteiger partial charge in [-0.1, -0.05) is 0 Å². The lowest BCUT2D eigenvalue weighted by Gasteiger charge is -2.05. The van der Waals surface area contributed by atoms with Crippen molar-refractivity contribution in [2.24, 2.45) is 5.84 Å². The largest absolute Gasteiger partial charge is 0.494 e. The van der Waals surface area contributed by atoms with Crippen molar-refractivity contribution in [2.45, 2.75) is 13.3 Å². The van der Waals surface area contributed by atoms with Crippen LogP contribution in [0.25, 0.3) is 0 Å². The second kappa shape index (κ2) is 6.88. The van der Waals surface area contributed by atoms with Gasteiger partial charge in [0, 0.05) is 11.1 Å². The van der Waals surface area contributed by atoms with E-state index in [4.69, 9.17) is 10.6 Å². The Kier molecular flexibility index (Phi) is 4.91. The first-order valence-corrected chi connectivity index (χ1v) is 7.03. The van der Waals surface area contributed by atoms with E-state index in [1.54, 1.807) is 0 Å². The third kappa shape index (κ3) is 3.94. The van der Waals surface area contributed by atoms with Crippen LogP contribution in [0.3, 0.4) is 0 Å². The van der Waals surface area contributed by atoms with Gasteiger partial charge in [0.1, 0.15) is 5.75 Å². The van der Waals surface area contributed by atoms with Gasteiger partial charge in [0.15, 0.2) is 5.13 Å². The third-order valence-corrected chi connectivity index (χ3v) is 3.28. The van der Waals surface area contributed by atoms with Crippen LogP contribution < -0.4 is 21.3 Å². The van der Waals surface area contributed by atoms with Crippen molar-refractivity contribution in [1.82, 2.24) is 10.4 Å². The number of carbonyl (C=O) groups excluding carboxylic acids is 1. The van der Waals surface area contributed by atoms with Crippen LogP contribution in [-0.2, 0) is 11.2 Å². The lowest BCUT2D eigenvalue weighted by molar-refractivity contribution is -0.120. The van der Waals surface area contributed by atoms with Crippen LogP contribution in [0.2, 0.25) is 0 Å². The van der Waals surface area contributed by atoms with Gasteiger partial charge in [-0.15, -0.1) is 11.3 Å². The Morgan fingerprint density at radius 1 is 1.40 bits per heavy atom. The molecule has 1 aromatic heterocycles. The van der Waals surface area contributed by atoms with Crippen LogP contribution in [0.15, 0.2) is 29.6 Å². The molecule has 0 aliphatic carbocycles. The number of carbonyl (C=O) groups is 1. The molecule has 2 aromatic rings. The van der Waals surface area contributed by atoms with Crippen LogP contribution in [0, 0.1) is 0 Å². The predicted molar refractivity (Wildman–Crippen MR) is 79.0 cm³/mol. The highest BCUT2D eigenvalue weighted by molar-refractivity contribution is 7.13. The molecule has 4 N–H and O–H groups in total. The van der Waals surface area contributed by atoms with E-state index in [1.807, 2.05) is 36.6 Å². The number of nitrogens with zero attached hydrogens (tertiary/aromatic N) is 1. The number of benzene rings is 1.